The largest absolute Gasteiger partial charge is 0.313 e. The highest BCUT2D eigenvalue weighted by molar-refractivity contribution is 7.13. The number of nitrogens with zero attached hydrogens (tertiary/aromatic N) is 1. The molecule has 0 atom stereocenters. The summed E-state index contributed by atoms with van der Waals surface area (Å²) in [6.45, 7) is 4.33. The molecule has 1 heterocycles. The van der Waals surface area contributed by atoms with Gasteiger partial charge in [0.15, 0.2) is 5.78 Å². The average Bonchev–Trinajstić information content (AvgIpc) is 2.47. The van der Waals surface area contributed by atoms with E-state index >= 15 is 0 Å². The molecule has 0 unspecified atom stereocenters. The SMILES string of the molecule is CCc1nc(C)c(C(=O)CNC)s1. The lowest BCUT2D eigenvalue weighted by Crippen LogP contribution is -2.18. The number of ketones is 1. The van der Waals surface area contributed by atoms with Gasteiger partial charge >= 0.3 is 0 Å². The topological polar surface area (TPSA) is 42.0 Å². The number of nitrogens with one attached hydrogen (secondary N) is 1. The van der Waals surface area contributed by atoms with Crippen molar-refractivity contribution in [1.82, 2.24) is 10.3 Å². The summed E-state index contributed by atoms with van der Waals surface area (Å²) < 4.78 is 0. The van der Waals surface area contributed by atoms with Crippen LogP contribution in [0.25, 0.3) is 0 Å². The highest BCUT2D eigenvalue weighted by atomic mass is 32.1. The van der Waals surface area contributed by atoms with Gasteiger partial charge in [-0.15, -0.1) is 11.3 Å². The van der Waals surface area contributed by atoms with Crippen molar-refractivity contribution in [1.29, 1.82) is 0 Å². The van der Waals surface area contributed by atoms with Crippen LogP contribution in [0.3, 0.4) is 0 Å². The monoisotopic (exact) mass is 198 g/mol. The summed E-state index contributed by atoms with van der Waals surface area (Å²) in [5.41, 5.74) is 0.863. The normalized spacial score (nSPS) is 10.4. The van der Waals surface area contributed by atoms with Gasteiger partial charge in [0.25, 0.3) is 0 Å². The van der Waals surface area contributed by atoms with E-state index < -0.39 is 0 Å². The highest BCUT2D eigenvalue weighted by Crippen LogP contribution is 2.18. The van der Waals surface area contributed by atoms with Gasteiger partial charge in [-0.05, 0) is 20.4 Å². The fourth-order valence-corrected chi connectivity index (χ4v) is 2.04. The molecule has 13 heavy (non-hydrogen) atoms. The Labute approximate surface area is 82.2 Å². The molecule has 1 rings (SSSR count). The highest BCUT2D eigenvalue weighted by Gasteiger charge is 2.13. The Morgan fingerprint density at radius 1 is 1.62 bits per heavy atom. The lowest BCUT2D eigenvalue weighted by Gasteiger charge is -1.95. The number of Topliss-reactive ketones (excluding diaryl/α,β-unsaturated/α-hetero) is 1. The Morgan fingerprint density at radius 2 is 2.31 bits per heavy atom. The maximum atomic E-state index is 11.5. The molecule has 1 aromatic rings. The molecule has 1 N–H and O–H groups in total. The van der Waals surface area contributed by atoms with Crippen LogP contribution in [0.1, 0.15) is 27.3 Å². The molecule has 4 heteroatoms. The van der Waals surface area contributed by atoms with E-state index in [0.29, 0.717) is 6.54 Å². The molecule has 0 saturated heterocycles. The van der Waals surface area contributed by atoms with Crippen molar-refractivity contribution < 1.29 is 4.79 Å². The summed E-state index contributed by atoms with van der Waals surface area (Å²) >= 11 is 1.51. The van der Waals surface area contributed by atoms with Crippen molar-refractivity contribution in [3.8, 4) is 0 Å². The molecule has 0 aliphatic carbocycles. The Balaban J connectivity index is 2.87. The summed E-state index contributed by atoms with van der Waals surface area (Å²) in [5.74, 6) is 0.136. The minimum absolute atomic E-state index is 0.136. The van der Waals surface area contributed by atoms with Gasteiger partial charge in [-0.25, -0.2) is 4.98 Å². The summed E-state index contributed by atoms with van der Waals surface area (Å²) in [6, 6.07) is 0. The Hall–Kier alpha value is -0.740. The predicted octanol–water partition coefficient (Wildman–Crippen LogP) is 1.42. The van der Waals surface area contributed by atoms with Crippen LogP contribution >= 0.6 is 11.3 Å². The van der Waals surface area contributed by atoms with E-state index in [0.717, 1.165) is 22.0 Å². The molecule has 0 radical (unpaired) electrons. The second-order valence-corrected chi connectivity index (χ2v) is 3.91. The predicted molar refractivity (Wildman–Crippen MR) is 54.5 cm³/mol. The summed E-state index contributed by atoms with van der Waals surface area (Å²) in [4.78, 5) is 16.6. The standard InChI is InChI=1S/C9H14N2OS/c1-4-8-11-6(2)9(13-8)7(12)5-10-3/h10H,4-5H2,1-3H3. The van der Waals surface area contributed by atoms with Gasteiger partial charge in [0.1, 0.15) is 0 Å². The molecular weight excluding hydrogens is 184 g/mol. The van der Waals surface area contributed by atoms with Gasteiger partial charge < -0.3 is 5.32 Å². The third-order valence-corrected chi connectivity index (χ3v) is 3.08. The van der Waals surface area contributed by atoms with Crippen LogP contribution in [0.4, 0.5) is 0 Å². The first-order valence-electron chi connectivity index (χ1n) is 4.33. The average molecular weight is 198 g/mol. The molecular formula is C9H14N2OS. The lowest BCUT2D eigenvalue weighted by atomic mass is 10.3. The number of hydrogen-bond donors (Lipinski definition) is 1. The molecule has 0 bridgehead atoms. The summed E-state index contributed by atoms with van der Waals surface area (Å²) in [7, 11) is 1.77. The van der Waals surface area contributed by atoms with Crippen LogP contribution in [0.15, 0.2) is 0 Å². The van der Waals surface area contributed by atoms with E-state index in [-0.39, 0.29) is 5.78 Å². The van der Waals surface area contributed by atoms with Gasteiger partial charge in [-0.1, -0.05) is 6.92 Å². The van der Waals surface area contributed by atoms with Crippen LogP contribution in [0.5, 0.6) is 0 Å². The van der Waals surface area contributed by atoms with Gasteiger partial charge in [-0.3, -0.25) is 4.79 Å². The second-order valence-electron chi connectivity index (χ2n) is 2.83. The molecule has 0 amide bonds. The van der Waals surface area contributed by atoms with Gasteiger partial charge in [0.2, 0.25) is 0 Å². The van der Waals surface area contributed by atoms with Crippen molar-refractivity contribution in [3.05, 3.63) is 15.6 Å². The fourth-order valence-electron chi connectivity index (χ4n) is 1.10. The zero-order chi connectivity index (χ0) is 9.84. The molecule has 0 aliphatic heterocycles. The number of carbonyl (C=O) groups is 1. The first-order valence-corrected chi connectivity index (χ1v) is 5.14. The van der Waals surface area contributed by atoms with E-state index in [4.69, 9.17) is 0 Å². The second kappa shape index (κ2) is 4.48. The molecule has 1 aromatic heterocycles. The van der Waals surface area contributed by atoms with Gasteiger partial charge in [0, 0.05) is 0 Å². The minimum atomic E-state index is 0.136. The van der Waals surface area contributed by atoms with Crippen molar-refractivity contribution in [3.63, 3.8) is 0 Å². The van der Waals surface area contributed by atoms with E-state index in [1.165, 1.54) is 11.3 Å². The fraction of sp³-hybridized carbons (Fsp3) is 0.556. The summed E-state index contributed by atoms with van der Waals surface area (Å²) in [6.07, 6.45) is 0.901. The lowest BCUT2D eigenvalue weighted by molar-refractivity contribution is 0.0996. The summed E-state index contributed by atoms with van der Waals surface area (Å²) in [5, 5.41) is 3.89. The van der Waals surface area contributed by atoms with E-state index in [2.05, 4.69) is 10.3 Å². The number of rotatable bonds is 4. The van der Waals surface area contributed by atoms with Crippen LogP contribution in [-0.4, -0.2) is 24.4 Å². The van der Waals surface area contributed by atoms with Crippen molar-refractivity contribution >= 4 is 17.1 Å². The Kier molecular flexibility index (Phi) is 3.57. The van der Waals surface area contributed by atoms with Crippen molar-refractivity contribution in [2.24, 2.45) is 0 Å². The molecule has 3 nitrogen and oxygen atoms in total. The van der Waals surface area contributed by atoms with Crippen molar-refractivity contribution in [2.75, 3.05) is 13.6 Å². The maximum absolute atomic E-state index is 11.5. The van der Waals surface area contributed by atoms with E-state index in [1.807, 2.05) is 13.8 Å². The Morgan fingerprint density at radius 3 is 2.77 bits per heavy atom. The van der Waals surface area contributed by atoms with Gasteiger partial charge in [0.05, 0.1) is 22.1 Å². The third-order valence-electron chi connectivity index (χ3n) is 1.73. The first-order chi connectivity index (χ1) is 6.19. The number of likely N-dealkylation sites (N-methyl/N-ethyl adjacent to an activating group) is 1. The third kappa shape index (κ3) is 2.35. The van der Waals surface area contributed by atoms with Crippen molar-refractivity contribution in [2.45, 2.75) is 20.3 Å². The molecule has 72 valence electrons. The van der Waals surface area contributed by atoms with E-state index in [1.54, 1.807) is 7.05 Å². The number of aromatic nitrogens is 1. The number of hydrogen-bond acceptors (Lipinski definition) is 4. The number of aryl methyl sites for hydroxylation is 2. The van der Waals surface area contributed by atoms with E-state index in [9.17, 15) is 4.79 Å². The molecule has 0 fully saturated rings. The smallest absolute Gasteiger partial charge is 0.188 e. The molecule has 0 aliphatic rings. The van der Waals surface area contributed by atoms with Crippen LogP contribution in [-0.2, 0) is 6.42 Å². The number of thiazole rings is 1. The zero-order valence-electron chi connectivity index (χ0n) is 8.18. The van der Waals surface area contributed by atoms with Crippen LogP contribution in [0, 0.1) is 6.92 Å². The maximum Gasteiger partial charge on any atom is 0.188 e. The minimum Gasteiger partial charge on any atom is -0.313 e. The first kappa shape index (κ1) is 10.3. The van der Waals surface area contributed by atoms with Gasteiger partial charge in [-0.2, -0.15) is 0 Å². The molecule has 0 spiro atoms. The van der Waals surface area contributed by atoms with Crippen LogP contribution < -0.4 is 5.32 Å². The Bertz CT molecular complexity index is 307. The number of carbonyl (C=O) groups excluding carboxylic acids is 1. The molecule has 0 saturated carbocycles. The quantitative estimate of drug-likeness (QED) is 0.744. The van der Waals surface area contributed by atoms with Crippen LogP contribution in [0.2, 0.25) is 0 Å². The zero-order valence-corrected chi connectivity index (χ0v) is 8.99. The molecule has 0 aromatic carbocycles.